The van der Waals surface area contributed by atoms with Crippen molar-refractivity contribution in [3.63, 3.8) is 0 Å². The van der Waals surface area contributed by atoms with Gasteiger partial charge in [-0.05, 0) is 6.42 Å². The van der Waals surface area contributed by atoms with Gasteiger partial charge in [-0.25, -0.2) is 0 Å². The molecule has 0 bridgehead atoms. The summed E-state index contributed by atoms with van der Waals surface area (Å²) in [5, 5.41) is 0. The summed E-state index contributed by atoms with van der Waals surface area (Å²) < 4.78 is 14.3. The fourth-order valence-electron chi connectivity index (χ4n) is 0.276. The lowest BCUT2D eigenvalue weighted by Gasteiger charge is -1.89. The van der Waals surface area contributed by atoms with Crippen molar-refractivity contribution >= 4 is 8.69 Å². The molecule has 0 saturated carbocycles. The molecule has 0 rings (SSSR count). The van der Waals surface area contributed by atoms with E-state index in [-0.39, 0.29) is 0 Å². The lowest BCUT2D eigenvalue weighted by molar-refractivity contribution is 0.334. The van der Waals surface area contributed by atoms with E-state index < -0.39 is 8.69 Å². The third-order valence-electron chi connectivity index (χ3n) is 1.68. The van der Waals surface area contributed by atoms with Crippen molar-refractivity contribution in [2.24, 2.45) is 0 Å². The summed E-state index contributed by atoms with van der Waals surface area (Å²) >= 11 is 0. The molecule has 0 aromatic heterocycles. The quantitative estimate of drug-likeness (QED) is 0.476. The molecule has 0 saturated heterocycles. The summed E-state index contributed by atoms with van der Waals surface area (Å²) in [6.45, 7) is 11.5. The first-order valence-corrected chi connectivity index (χ1v) is 7.24. The molecule has 0 fully saturated rings. The SMILES string of the molecule is CCCC.CCCC.CCCCO[PH2]=O. The molecule has 3 heteroatoms. The molecule has 15 heavy (non-hydrogen) atoms. The molecule has 2 nitrogen and oxygen atoms in total. The molecule has 0 aromatic rings. The number of unbranched alkanes of at least 4 members (excludes halogenated alkanes) is 3. The molecule has 96 valence electrons. The minimum absolute atomic E-state index is 0.662. The van der Waals surface area contributed by atoms with Crippen LogP contribution in [0.3, 0.4) is 0 Å². The Morgan fingerprint density at radius 1 is 0.800 bits per heavy atom. The van der Waals surface area contributed by atoms with E-state index in [1.54, 1.807) is 0 Å². The third kappa shape index (κ3) is 55.0. The van der Waals surface area contributed by atoms with Crippen LogP contribution in [-0.2, 0) is 9.09 Å². The molecule has 0 N–H and O–H groups in total. The Morgan fingerprint density at radius 3 is 1.40 bits per heavy atom. The molecule has 1 atom stereocenters. The van der Waals surface area contributed by atoms with Crippen LogP contribution >= 0.6 is 8.69 Å². The number of hydrogen-bond acceptors (Lipinski definition) is 2. The fraction of sp³-hybridized carbons (Fsp3) is 1.00. The van der Waals surface area contributed by atoms with E-state index in [1.165, 1.54) is 25.7 Å². The van der Waals surface area contributed by atoms with Gasteiger partial charge in [0, 0.05) is 0 Å². The Bertz CT molecular complexity index is 79.7. The summed E-state index contributed by atoms with van der Waals surface area (Å²) in [5.74, 6) is 0. The maximum Gasteiger partial charge on any atom is 0.179 e. The van der Waals surface area contributed by atoms with Crippen molar-refractivity contribution < 1.29 is 9.09 Å². The summed E-state index contributed by atoms with van der Waals surface area (Å²) in [6.07, 6.45) is 7.41. The average molecular weight is 238 g/mol. The first-order chi connectivity index (χ1) is 7.24. The van der Waals surface area contributed by atoms with Gasteiger partial charge in [0.1, 0.15) is 0 Å². The molecule has 1 unspecified atom stereocenters. The zero-order valence-electron chi connectivity index (χ0n) is 11.3. The smallest absolute Gasteiger partial charge is 0.179 e. The van der Waals surface area contributed by atoms with Crippen molar-refractivity contribution in [3.8, 4) is 0 Å². The van der Waals surface area contributed by atoms with Gasteiger partial charge in [-0.1, -0.05) is 66.7 Å². The highest BCUT2D eigenvalue weighted by atomic mass is 31.1. The maximum atomic E-state index is 9.67. The van der Waals surface area contributed by atoms with Crippen LogP contribution in [0.5, 0.6) is 0 Å². The zero-order chi connectivity index (χ0) is 12.4. The average Bonchev–Trinajstić information content (AvgIpc) is 2.30. The van der Waals surface area contributed by atoms with E-state index in [0.717, 1.165) is 12.8 Å². The zero-order valence-corrected chi connectivity index (χ0v) is 12.5. The van der Waals surface area contributed by atoms with Crippen molar-refractivity contribution in [3.05, 3.63) is 0 Å². The molecular weight excluding hydrogens is 207 g/mol. The second-order valence-corrected chi connectivity index (χ2v) is 3.85. The normalized spacial score (nSPS) is 9.13. The predicted octanol–water partition coefficient (Wildman–Crippen LogP) is 5.09. The Kier molecular flexibility index (Phi) is 40.1. The lowest BCUT2D eigenvalue weighted by atomic mass is 10.4. The Balaban J connectivity index is -0.000000155. The highest BCUT2D eigenvalue weighted by molar-refractivity contribution is 7.17. The van der Waals surface area contributed by atoms with Gasteiger partial charge in [-0.15, -0.1) is 0 Å². The highest BCUT2D eigenvalue weighted by Crippen LogP contribution is 1.96. The minimum Gasteiger partial charge on any atom is -0.332 e. The van der Waals surface area contributed by atoms with Crippen LogP contribution in [0.1, 0.15) is 73.1 Å². The summed E-state index contributed by atoms with van der Waals surface area (Å²) in [4.78, 5) is 0. The lowest BCUT2D eigenvalue weighted by Crippen LogP contribution is -1.79. The van der Waals surface area contributed by atoms with Crippen molar-refractivity contribution in [1.29, 1.82) is 0 Å². The first kappa shape index (κ1) is 20.6. The van der Waals surface area contributed by atoms with Gasteiger partial charge in [0.25, 0.3) is 0 Å². The summed E-state index contributed by atoms with van der Waals surface area (Å²) in [6, 6.07) is 0. The van der Waals surface area contributed by atoms with Crippen molar-refractivity contribution in [2.45, 2.75) is 73.1 Å². The van der Waals surface area contributed by atoms with Crippen LogP contribution in [-0.4, -0.2) is 6.61 Å². The van der Waals surface area contributed by atoms with E-state index in [1.807, 2.05) is 0 Å². The van der Waals surface area contributed by atoms with E-state index in [2.05, 4.69) is 39.1 Å². The van der Waals surface area contributed by atoms with Gasteiger partial charge in [0.2, 0.25) is 0 Å². The van der Waals surface area contributed by atoms with Gasteiger partial charge < -0.3 is 4.52 Å². The van der Waals surface area contributed by atoms with Gasteiger partial charge in [0.15, 0.2) is 8.69 Å². The Hall–Kier alpha value is 0.190. The van der Waals surface area contributed by atoms with Gasteiger partial charge in [-0.3, -0.25) is 4.57 Å². The summed E-state index contributed by atoms with van der Waals surface area (Å²) in [7, 11) is -0.969. The van der Waals surface area contributed by atoms with Crippen LogP contribution < -0.4 is 0 Å². The highest BCUT2D eigenvalue weighted by Gasteiger charge is 1.77. The molecule has 0 aliphatic carbocycles. The topological polar surface area (TPSA) is 26.3 Å². The second-order valence-electron chi connectivity index (χ2n) is 3.32. The van der Waals surface area contributed by atoms with E-state index >= 15 is 0 Å². The van der Waals surface area contributed by atoms with Crippen LogP contribution in [0, 0.1) is 0 Å². The van der Waals surface area contributed by atoms with Gasteiger partial charge >= 0.3 is 0 Å². The van der Waals surface area contributed by atoms with E-state index in [4.69, 9.17) is 0 Å². The van der Waals surface area contributed by atoms with Gasteiger partial charge in [-0.2, -0.15) is 0 Å². The van der Waals surface area contributed by atoms with Crippen molar-refractivity contribution in [2.75, 3.05) is 6.61 Å². The molecule has 0 aromatic carbocycles. The molecular formula is C12H31O2P. The molecule has 0 aliphatic rings. The number of hydrogen-bond donors (Lipinski definition) is 0. The molecule has 0 amide bonds. The molecule has 0 radical (unpaired) electrons. The Labute approximate surface area is 98.1 Å². The first-order valence-electron chi connectivity index (χ1n) is 6.30. The maximum absolute atomic E-state index is 9.67. The van der Waals surface area contributed by atoms with Crippen LogP contribution in [0.4, 0.5) is 0 Å². The summed E-state index contributed by atoms with van der Waals surface area (Å²) in [5.41, 5.74) is 0. The van der Waals surface area contributed by atoms with Crippen LogP contribution in [0.2, 0.25) is 0 Å². The van der Waals surface area contributed by atoms with E-state index in [0.29, 0.717) is 6.61 Å². The Morgan fingerprint density at radius 2 is 1.20 bits per heavy atom. The largest absolute Gasteiger partial charge is 0.332 e. The number of rotatable bonds is 6. The molecule has 0 spiro atoms. The molecule has 0 heterocycles. The van der Waals surface area contributed by atoms with Crippen LogP contribution in [0.15, 0.2) is 0 Å². The van der Waals surface area contributed by atoms with E-state index in [9.17, 15) is 4.57 Å². The minimum atomic E-state index is -0.969. The van der Waals surface area contributed by atoms with Gasteiger partial charge in [0.05, 0.1) is 6.61 Å². The molecule has 0 aliphatic heterocycles. The van der Waals surface area contributed by atoms with Crippen molar-refractivity contribution in [1.82, 2.24) is 0 Å². The second kappa shape index (κ2) is 29.2. The monoisotopic (exact) mass is 238 g/mol. The third-order valence-corrected chi connectivity index (χ3v) is 2.06. The van der Waals surface area contributed by atoms with Crippen LogP contribution in [0.25, 0.3) is 0 Å². The predicted molar refractivity (Wildman–Crippen MR) is 72.4 cm³/mol. The standard InChI is InChI=1S/C4H11O2P.2C4H10/c1-2-3-4-6-7-5;2*1-3-4-2/h2-4,7H2,1H3;2*3-4H2,1-2H3. The fourth-order valence-corrected chi connectivity index (χ4v) is 0.539.